The van der Waals surface area contributed by atoms with Crippen LogP contribution < -0.4 is 0 Å². The molecule has 1 fully saturated rings. The molecule has 78 valence electrons. The SMILES string of the molecule is CCN(CC)C1CCCCC1SC. The van der Waals surface area contributed by atoms with Crippen LogP contribution in [0.25, 0.3) is 0 Å². The Balaban J connectivity index is 2.51. The molecule has 0 aliphatic heterocycles. The van der Waals surface area contributed by atoms with E-state index in [0.29, 0.717) is 0 Å². The van der Waals surface area contributed by atoms with E-state index < -0.39 is 0 Å². The van der Waals surface area contributed by atoms with E-state index in [0.717, 1.165) is 11.3 Å². The minimum Gasteiger partial charge on any atom is -0.300 e. The molecule has 2 atom stereocenters. The summed E-state index contributed by atoms with van der Waals surface area (Å²) in [5.41, 5.74) is 0. The molecule has 1 rings (SSSR count). The van der Waals surface area contributed by atoms with E-state index in [-0.39, 0.29) is 0 Å². The Morgan fingerprint density at radius 2 is 1.77 bits per heavy atom. The molecule has 1 saturated carbocycles. The number of rotatable bonds is 4. The van der Waals surface area contributed by atoms with Crippen molar-refractivity contribution >= 4 is 11.8 Å². The van der Waals surface area contributed by atoms with Gasteiger partial charge in [-0.3, -0.25) is 4.90 Å². The summed E-state index contributed by atoms with van der Waals surface area (Å²) >= 11 is 2.07. The predicted molar refractivity (Wildman–Crippen MR) is 62.5 cm³/mol. The molecule has 0 amide bonds. The van der Waals surface area contributed by atoms with Crippen LogP contribution in [-0.2, 0) is 0 Å². The average Bonchev–Trinajstić information content (AvgIpc) is 2.20. The highest BCUT2D eigenvalue weighted by atomic mass is 32.2. The largest absolute Gasteiger partial charge is 0.300 e. The highest BCUT2D eigenvalue weighted by Gasteiger charge is 2.27. The first-order valence-corrected chi connectivity index (χ1v) is 6.89. The molecule has 0 bridgehead atoms. The number of hydrogen-bond acceptors (Lipinski definition) is 2. The van der Waals surface area contributed by atoms with Gasteiger partial charge in [0.2, 0.25) is 0 Å². The minimum atomic E-state index is 0.860. The Kier molecular flexibility index (Phi) is 5.18. The van der Waals surface area contributed by atoms with Crippen LogP contribution in [0.3, 0.4) is 0 Å². The highest BCUT2D eigenvalue weighted by molar-refractivity contribution is 7.99. The van der Waals surface area contributed by atoms with Crippen LogP contribution in [0.5, 0.6) is 0 Å². The second kappa shape index (κ2) is 5.92. The van der Waals surface area contributed by atoms with Gasteiger partial charge < -0.3 is 0 Å². The van der Waals surface area contributed by atoms with Crippen LogP contribution in [0.2, 0.25) is 0 Å². The molecular weight excluding hydrogens is 178 g/mol. The summed E-state index contributed by atoms with van der Waals surface area (Å²) in [4.78, 5) is 2.64. The van der Waals surface area contributed by atoms with E-state index >= 15 is 0 Å². The fourth-order valence-electron chi connectivity index (χ4n) is 2.46. The Bertz CT molecular complexity index is 127. The topological polar surface area (TPSA) is 3.24 Å². The fourth-order valence-corrected chi connectivity index (χ4v) is 3.49. The Morgan fingerprint density at radius 1 is 1.15 bits per heavy atom. The van der Waals surface area contributed by atoms with E-state index in [4.69, 9.17) is 0 Å². The van der Waals surface area contributed by atoms with Crippen molar-refractivity contribution in [1.82, 2.24) is 4.90 Å². The third kappa shape index (κ3) is 2.88. The molecule has 0 aromatic carbocycles. The van der Waals surface area contributed by atoms with Crippen LogP contribution in [0.1, 0.15) is 39.5 Å². The van der Waals surface area contributed by atoms with Crippen LogP contribution >= 0.6 is 11.8 Å². The molecule has 0 spiro atoms. The van der Waals surface area contributed by atoms with Crippen molar-refractivity contribution in [2.45, 2.75) is 50.8 Å². The smallest absolute Gasteiger partial charge is 0.0214 e. The van der Waals surface area contributed by atoms with Crippen LogP contribution in [-0.4, -0.2) is 35.5 Å². The van der Waals surface area contributed by atoms with Gasteiger partial charge in [-0.15, -0.1) is 0 Å². The van der Waals surface area contributed by atoms with Crippen LogP contribution in [0.4, 0.5) is 0 Å². The van der Waals surface area contributed by atoms with Crippen molar-refractivity contribution in [3.05, 3.63) is 0 Å². The minimum absolute atomic E-state index is 0.860. The zero-order valence-corrected chi connectivity index (χ0v) is 10.1. The number of hydrogen-bond donors (Lipinski definition) is 0. The van der Waals surface area contributed by atoms with E-state index in [1.165, 1.54) is 38.8 Å². The van der Waals surface area contributed by atoms with Gasteiger partial charge in [0.1, 0.15) is 0 Å². The molecule has 2 heteroatoms. The second-order valence-electron chi connectivity index (χ2n) is 3.85. The lowest BCUT2D eigenvalue weighted by molar-refractivity contribution is 0.178. The summed E-state index contributed by atoms with van der Waals surface area (Å²) in [6.45, 7) is 7.02. The third-order valence-corrected chi connectivity index (χ3v) is 4.41. The first-order chi connectivity index (χ1) is 6.33. The molecule has 1 aliphatic carbocycles. The molecule has 1 aliphatic rings. The van der Waals surface area contributed by atoms with Gasteiger partial charge in [-0.05, 0) is 32.2 Å². The van der Waals surface area contributed by atoms with E-state index in [9.17, 15) is 0 Å². The van der Waals surface area contributed by atoms with E-state index in [2.05, 4.69) is 36.8 Å². The number of nitrogens with zero attached hydrogens (tertiary/aromatic N) is 1. The van der Waals surface area contributed by atoms with Crippen molar-refractivity contribution in [3.63, 3.8) is 0 Å². The Labute approximate surface area is 87.3 Å². The van der Waals surface area contributed by atoms with Crippen molar-refractivity contribution in [2.75, 3.05) is 19.3 Å². The van der Waals surface area contributed by atoms with E-state index in [1.54, 1.807) is 0 Å². The average molecular weight is 201 g/mol. The lowest BCUT2D eigenvalue weighted by Gasteiger charge is -2.38. The Hall–Kier alpha value is 0.310. The zero-order valence-electron chi connectivity index (χ0n) is 9.25. The molecule has 1 nitrogen and oxygen atoms in total. The molecule has 0 heterocycles. The molecule has 13 heavy (non-hydrogen) atoms. The van der Waals surface area contributed by atoms with E-state index in [1.807, 2.05) is 0 Å². The van der Waals surface area contributed by atoms with Crippen molar-refractivity contribution < 1.29 is 0 Å². The molecule has 0 N–H and O–H groups in total. The monoisotopic (exact) mass is 201 g/mol. The number of thioether (sulfide) groups is 1. The van der Waals surface area contributed by atoms with Crippen molar-refractivity contribution in [1.29, 1.82) is 0 Å². The fraction of sp³-hybridized carbons (Fsp3) is 1.00. The molecule has 0 radical (unpaired) electrons. The second-order valence-corrected chi connectivity index (χ2v) is 4.92. The standard InChI is InChI=1S/C11H23NS/c1-4-12(5-2)10-8-6-7-9-11(10)13-3/h10-11H,4-9H2,1-3H3. The Morgan fingerprint density at radius 3 is 2.31 bits per heavy atom. The van der Waals surface area contributed by atoms with Crippen LogP contribution in [0, 0.1) is 0 Å². The molecule has 0 aromatic rings. The van der Waals surface area contributed by atoms with Gasteiger partial charge in [-0.2, -0.15) is 11.8 Å². The summed E-state index contributed by atoms with van der Waals surface area (Å²) in [7, 11) is 0. The summed E-state index contributed by atoms with van der Waals surface area (Å²) in [6.07, 6.45) is 8.02. The van der Waals surface area contributed by atoms with Gasteiger partial charge in [0.25, 0.3) is 0 Å². The first-order valence-electron chi connectivity index (χ1n) is 5.60. The van der Waals surface area contributed by atoms with Gasteiger partial charge in [0.05, 0.1) is 0 Å². The van der Waals surface area contributed by atoms with Crippen molar-refractivity contribution in [3.8, 4) is 0 Å². The van der Waals surface area contributed by atoms with Crippen molar-refractivity contribution in [2.24, 2.45) is 0 Å². The summed E-state index contributed by atoms with van der Waals surface area (Å²) in [5, 5.41) is 0.897. The maximum atomic E-state index is 2.64. The van der Waals surface area contributed by atoms with Gasteiger partial charge >= 0.3 is 0 Å². The third-order valence-electron chi connectivity index (χ3n) is 3.25. The van der Waals surface area contributed by atoms with Gasteiger partial charge in [0.15, 0.2) is 0 Å². The maximum Gasteiger partial charge on any atom is 0.0214 e. The normalized spacial score (nSPS) is 29.5. The summed E-state index contributed by atoms with van der Waals surface area (Å²) in [6, 6.07) is 0.860. The summed E-state index contributed by atoms with van der Waals surface area (Å²) in [5.74, 6) is 0. The molecule has 0 saturated heterocycles. The lowest BCUT2D eigenvalue weighted by Crippen LogP contribution is -2.43. The molecule has 0 aromatic heterocycles. The zero-order chi connectivity index (χ0) is 9.68. The quantitative estimate of drug-likeness (QED) is 0.688. The van der Waals surface area contributed by atoms with Gasteiger partial charge in [0, 0.05) is 11.3 Å². The molecular formula is C11H23NS. The van der Waals surface area contributed by atoms with Gasteiger partial charge in [-0.25, -0.2) is 0 Å². The molecule has 2 unspecified atom stereocenters. The van der Waals surface area contributed by atoms with Crippen LogP contribution in [0.15, 0.2) is 0 Å². The van der Waals surface area contributed by atoms with Gasteiger partial charge in [-0.1, -0.05) is 26.7 Å². The summed E-state index contributed by atoms with van der Waals surface area (Å²) < 4.78 is 0. The predicted octanol–water partition coefficient (Wildman–Crippen LogP) is 3.00. The lowest BCUT2D eigenvalue weighted by atomic mass is 9.93. The highest BCUT2D eigenvalue weighted by Crippen LogP contribution is 2.30. The first kappa shape index (κ1) is 11.4. The maximum absolute atomic E-state index is 2.64.